The van der Waals surface area contributed by atoms with Crippen LogP contribution in [0.1, 0.15) is 5.56 Å². The van der Waals surface area contributed by atoms with Crippen LogP contribution in [0.4, 0.5) is 5.82 Å². The number of hydrogen-bond donors (Lipinski definition) is 2. The molecule has 1 rings (SSSR count). The van der Waals surface area contributed by atoms with Crippen LogP contribution < -0.4 is 16.0 Å². The van der Waals surface area contributed by atoms with Gasteiger partial charge in [-0.3, -0.25) is 4.79 Å². The number of aromatic nitrogens is 2. The van der Waals surface area contributed by atoms with Crippen LogP contribution in [0, 0.1) is 0 Å². The second kappa shape index (κ2) is 7.59. The predicted octanol–water partition coefficient (Wildman–Crippen LogP) is -0.690. The van der Waals surface area contributed by atoms with Gasteiger partial charge < -0.3 is 20.7 Å². The number of carbonyl (C=O) groups is 1. The molecule has 1 aromatic heterocycles. The fourth-order valence-corrected chi connectivity index (χ4v) is 1.60. The van der Waals surface area contributed by atoms with Crippen molar-refractivity contribution in [2.75, 3.05) is 38.8 Å². The average Bonchev–Trinajstić information content (AvgIpc) is 2.39. The normalized spacial score (nSPS) is 10.0. The fraction of sp³-hybridized carbons (Fsp3) is 0.455. The standard InChI is InChI=1S/C11H17N5O2S/c1-16(7-9(17)13-5-6-18-2)11-8(10(12)19)3-4-14-15-11/h3-4H,5-7H2,1-2H3,(H2,12,19)(H,13,17). The Morgan fingerprint density at radius 1 is 1.63 bits per heavy atom. The minimum absolute atomic E-state index is 0.137. The molecular formula is C11H17N5O2S. The number of likely N-dealkylation sites (N-methyl/N-ethyl adjacent to an activating group) is 1. The van der Waals surface area contributed by atoms with Crippen LogP contribution in [-0.2, 0) is 9.53 Å². The van der Waals surface area contributed by atoms with Crippen molar-refractivity contribution >= 4 is 28.9 Å². The smallest absolute Gasteiger partial charge is 0.239 e. The second-order valence-corrected chi connectivity index (χ2v) is 4.27. The van der Waals surface area contributed by atoms with E-state index >= 15 is 0 Å². The Balaban J connectivity index is 2.65. The zero-order chi connectivity index (χ0) is 14.3. The van der Waals surface area contributed by atoms with E-state index in [1.54, 1.807) is 25.1 Å². The molecule has 104 valence electrons. The van der Waals surface area contributed by atoms with E-state index in [9.17, 15) is 4.79 Å². The Labute approximate surface area is 117 Å². The molecule has 0 atom stereocenters. The van der Waals surface area contributed by atoms with Gasteiger partial charge in [0.1, 0.15) is 4.99 Å². The minimum atomic E-state index is -0.140. The quantitative estimate of drug-likeness (QED) is 0.505. The number of hydrogen-bond acceptors (Lipinski definition) is 6. The van der Waals surface area contributed by atoms with E-state index < -0.39 is 0 Å². The lowest BCUT2D eigenvalue weighted by atomic mass is 10.2. The summed E-state index contributed by atoms with van der Waals surface area (Å²) in [5.74, 6) is 0.344. The maximum atomic E-state index is 11.7. The van der Waals surface area contributed by atoms with Gasteiger partial charge in [0.15, 0.2) is 5.82 Å². The first kappa shape index (κ1) is 15.3. The molecule has 0 saturated carbocycles. The Morgan fingerprint density at radius 3 is 3.00 bits per heavy atom. The number of nitrogens with zero attached hydrogens (tertiary/aromatic N) is 3. The van der Waals surface area contributed by atoms with Crippen LogP contribution in [0.15, 0.2) is 12.3 Å². The topological polar surface area (TPSA) is 93.4 Å². The molecule has 0 radical (unpaired) electrons. The molecule has 0 aliphatic heterocycles. The minimum Gasteiger partial charge on any atom is -0.389 e. The third-order valence-corrected chi connectivity index (χ3v) is 2.56. The lowest BCUT2D eigenvalue weighted by Crippen LogP contribution is -2.37. The zero-order valence-electron chi connectivity index (χ0n) is 10.9. The van der Waals surface area contributed by atoms with Gasteiger partial charge in [0.05, 0.1) is 24.9 Å². The monoisotopic (exact) mass is 283 g/mol. The predicted molar refractivity (Wildman–Crippen MR) is 76.1 cm³/mol. The van der Waals surface area contributed by atoms with Gasteiger partial charge in [-0.25, -0.2) is 0 Å². The van der Waals surface area contributed by atoms with Crippen molar-refractivity contribution in [2.24, 2.45) is 5.73 Å². The maximum absolute atomic E-state index is 11.7. The first-order valence-corrected chi connectivity index (χ1v) is 6.05. The number of rotatable bonds is 7. The van der Waals surface area contributed by atoms with E-state index in [2.05, 4.69) is 15.5 Å². The van der Waals surface area contributed by atoms with Crippen LogP contribution >= 0.6 is 12.2 Å². The number of thiocarbonyl (C=S) groups is 1. The number of nitrogens with one attached hydrogen (secondary N) is 1. The third kappa shape index (κ3) is 4.76. The zero-order valence-corrected chi connectivity index (χ0v) is 11.7. The summed E-state index contributed by atoms with van der Waals surface area (Å²) in [5, 5.41) is 10.4. The van der Waals surface area contributed by atoms with E-state index in [0.29, 0.717) is 24.5 Å². The summed E-state index contributed by atoms with van der Waals surface area (Å²) in [6.45, 7) is 1.07. The Bertz CT molecular complexity index is 454. The molecule has 1 amide bonds. The molecule has 0 aromatic carbocycles. The van der Waals surface area contributed by atoms with Crippen LogP contribution in [0.5, 0.6) is 0 Å². The molecule has 0 aliphatic carbocycles. The van der Waals surface area contributed by atoms with E-state index in [1.165, 1.54) is 6.20 Å². The summed E-state index contributed by atoms with van der Waals surface area (Å²) in [7, 11) is 3.30. The molecule has 19 heavy (non-hydrogen) atoms. The lowest BCUT2D eigenvalue weighted by molar-refractivity contribution is -0.119. The maximum Gasteiger partial charge on any atom is 0.239 e. The van der Waals surface area contributed by atoms with Gasteiger partial charge in [-0.2, -0.15) is 5.10 Å². The highest BCUT2D eigenvalue weighted by atomic mass is 32.1. The Morgan fingerprint density at radius 2 is 2.37 bits per heavy atom. The van der Waals surface area contributed by atoms with Crippen molar-refractivity contribution in [1.82, 2.24) is 15.5 Å². The molecule has 1 aromatic rings. The van der Waals surface area contributed by atoms with Gasteiger partial charge in [0, 0.05) is 20.7 Å². The molecule has 0 aliphatic rings. The number of anilines is 1. The van der Waals surface area contributed by atoms with Crippen molar-refractivity contribution in [2.45, 2.75) is 0 Å². The summed E-state index contributed by atoms with van der Waals surface area (Å²) in [5.41, 5.74) is 6.20. The first-order valence-electron chi connectivity index (χ1n) is 5.64. The molecular weight excluding hydrogens is 266 g/mol. The summed E-state index contributed by atoms with van der Waals surface area (Å²) >= 11 is 4.93. The molecule has 0 saturated heterocycles. The van der Waals surface area contributed by atoms with Gasteiger partial charge in [-0.05, 0) is 6.07 Å². The average molecular weight is 283 g/mol. The third-order valence-electron chi connectivity index (χ3n) is 2.34. The number of ether oxygens (including phenoxy) is 1. The number of methoxy groups -OCH3 is 1. The van der Waals surface area contributed by atoms with Gasteiger partial charge >= 0.3 is 0 Å². The van der Waals surface area contributed by atoms with Crippen molar-refractivity contribution in [1.29, 1.82) is 0 Å². The number of nitrogens with two attached hydrogens (primary N) is 1. The van der Waals surface area contributed by atoms with Crippen LogP contribution in [0.25, 0.3) is 0 Å². The largest absolute Gasteiger partial charge is 0.389 e. The number of amides is 1. The first-order chi connectivity index (χ1) is 9.06. The Kier molecular flexibility index (Phi) is 6.10. The van der Waals surface area contributed by atoms with Gasteiger partial charge in [-0.15, -0.1) is 5.10 Å². The Hall–Kier alpha value is -1.80. The van der Waals surface area contributed by atoms with E-state index in [0.717, 1.165) is 0 Å². The fourth-order valence-electron chi connectivity index (χ4n) is 1.44. The second-order valence-electron chi connectivity index (χ2n) is 3.83. The molecule has 8 heteroatoms. The SMILES string of the molecule is COCCNC(=O)CN(C)c1nnccc1C(N)=S. The molecule has 1 heterocycles. The van der Waals surface area contributed by atoms with E-state index in [-0.39, 0.29) is 17.4 Å². The van der Waals surface area contributed by atoms with Crippen molar-refractivity contribution in [3.05, 3.63) is 17.8 Å². The van der Waals surface area contributed by atoms with Crippen molar-refractivity contribution in [3.8, 4) is 0 Å². The number of carbonyl (C=O) groups excluding carboxylic acids is 1. The highest BCUT2D eigenvalue weighted by molar-refractivity contribution is 7.80. The van der Waals surface area contributed by atoms with Crippen LogP contribution in [0.2, 0.25) is 0 Å². The van der Waals surface area contributed by atoms with Crippen molar-refractivity contribution < 1.29 is 9.53 Å². The van der Waals surface area contributed by atoms with Gasteiger partial charge in [0.2, 0.25) is 5.91 Å². The summed E-state index contributed by atoms with van der Waals surface area (Å²) < 4.78 is 4.85. The summed E-state index contributed by atoms with van der Waals surface area (Å²) in [6, 6.07) is 1.67. The van der Waals surface area contributed by atoms with E-state index in [1.807, 2.05) is 0 Å². The van der Waals surface area contributed by atoms with Crippen molar-refractivity contribution in [3.63, 3.8) is 0 Å². The molecule has 7 nitrogen and oxygen atoms in total. The molecule has 0 spiro atoms. The summed E-state index contributed by atoms with van der Waals surface area (Å²) in [4.78, 5) is 13.5. The highest BCUT2D eigenvalue weighted by Crippen LogP contribution is 2.13. The molecule has 3 N–H and O–H groups in total. The van der Waals surface area contributed by atoms with E-state index in [4.69, 9.17) is 22.7 Å². The highest BCUT2D eigenvalue weighted by Gasteiger charge is 2.14. The molecule has 0 fully saturated rings. The van der Waals surface area contributed by atoms with Crippen LogP contribution in [0.3, 0.4) is 0 Å². The lowest BCUT2D eigenvalue weighted by Gasteiger charge is -2.19. The summed E-state index contributed by atoms with van der Waals surface area (Å²) in [6.07, 6.45) is 1.50. The van der Waals surface area contributed by atoms with Crippen LogP contribution in [-0.4, -0.2) is 54.9 Å². The van der Waals surface area contributed by atoms with Gasteiger partial charge in [-0.1, -0.05) is 12.2 Å². The van der Waals surface area contributed by atoms with Gasteiger partial charge in [0.25, 0.3) is 0 Å². The molecule has 0 bridgehead atoms. The molecule has 0 unspecified atom stereocenters.